The number of benzene rings is 1. The highest BCUT2D eigenvalue weighted by atomic mass is 79.9. The van der Waals surface area contributed by atoms with Gasteiger partial charge in [-0.05, 0) is 21.5 Å². The maximum atomic E-state index is 3.93. The maximum absolute atomic E-state index is 3.93. The van der Waals surface area contributed by atoms with Gasteiger partial charge in [-0.15, -0.1) is 5.10 Å². The van der Waals surface area contributed by atoms with E-state index in [1.807, 2.05) is 18.2 Å². The van der Waals surface area contributed by atoms with Crippen LogP contribution in [0.15, 0.2) is 41.1 Å². The number of aromatic nitrogens is 3. The highest BCUT2D eigenvalue weighted by Gasteiger charge is 1.99. The van der Waals surface area contributed by atoms with Gasteiger partial charge < -0.3 is 0 Å². The summed E-state index contributed by atoms with van der Waals surface area (Å²) in [5.41, 5.74) is 1.22. The molecule has 0 aliphatic heterocycles. The van der Waals surface area contributed by atoms with Crippen LogP contribution in [-0.4, -0.2) is 15.0 Å². The number of hydrogen-bond acceptors (Lipinski definition) is 2. The van der Waals surface area contributed by atoms with Crippen LogP contribution in [0.2, 0.25) is 0 Å². The van der Waals surface area contributed by atoms with Crippen LogP contribution in [0.3, 0.4) is 0 Å². The quantitative estimate of drug-likeness (QED) is 0.801. The van der Waals surface area contributed by atoms with Crippen molar-refractivity contribution in [2.24, 2.45) is 0 Å². The van der Waals surface area contributed by atoms with Gasteiger partial charge in [0.15, 0.2) is 0 Å². The normalized spacial score (nSPS) is 10.2. The number of hydrogen-bond donors (Lipinski definition) is 0. The first-order valence-corrected chi connectivity index (χ1v) is 4.73. The predicted molar refractivity (Wildman–Crippen MR) is 53.3 cm³/mol. The van der Waals surface area contributed by atoms with E-state index in [9.17, 15) is 0 Å². The third kappa shape index (κ3) is 1.95. The molecule has 1 heterocycles. The van der Waals surface area contributed by atoms with Gasteiger partial charge >= 0.3 is 0 Å². The molecule has 2 aromatic rings. The van der Waals surface area contributed by atoms with Crippen molar-refractivity contribution in [2.75, 3.05) is 0 Å². The molecule has 4 heteroatoms. The molecule has 0 saturated carbocycles. The Kier molecular flexibility index (Phi) is 2.40. The summed E-state index contributed by atoms with van der Waals surface area (Å²) in [6.07, 6.45) is 1.68. The third-order valence-electron chi connectivity index (χ3n) is 1.75. The number of rotatable bonds is 2. The molecule has 66 valence electrons. The van der Waals surface area contributed by atoms with Gasteiger partial charge in [-0.3, -0.25) is 0 Å². The van der Waals surface area contributed by atoms with Crippen molar-refractivity contribution in [2.45, 2.75) is 6.54 Å². The van der Waals surface area contributed by atoms with Crippen molar-refractivity contribution in [1.82, 2.24) is 15.0 Å². The summed E-state index contributed by atoms with van der Waals surface area (Å²) in [5.74, 6) is 0. The van der Waals surface area contributed by atoms with Crippen molar-refractivity contribution in [3.63, 3.8) is 0 Å². The predicted octanol–water partition coefficient (Wildman–Crippen LogP) is 2.09. The molecule has 0 aliphatic carbocycles. The molecule has 2 rings (SSSR count). The third-order valence-corrected chi connectivity index (χ3v) is 2.36. The second-order valence-electron chi connectivity index (χ2n) is 2.70. The first-order valence-electron chi connectivity index (χ1n) is 3.94. The largest absolute Gasteiger partial charge is 0.234 e. The van der Waals surface area contributed by atoms with Gasteiger partial charge in [0.05, 0.1) is 12.7 Å². The van der Waals surface area contributed by atoms with E-state index in [0.29, 0.717) is 0 Å². The van der Waals surface area contributed by atoms with Crippen molar-refractivity contribution >= 4 is 15.9 Å². The molecule has 3 nitrogen and oxygen atoms in total. The van der Waals surface area contributed by atoms with Crippen molar-refractivity contribution < 1.29 is 0 Å². The minimum absolute atomic E-state index is 0.751. The summed E-state index contributed by atoms with van der Waals surface area (Å²) in [5, 5.41) is 7.71. The molecule has 0 aliphatic rings. The van der Waals surface area contributed by atoms with Crippen LogP contribution in [0.5, 0.6) is 0 Å². The van der Waals surface area contributed by atoms with E-state index in [2.05, 4.69) is 38.4 Å². The fourth-order valence-corrected chi connectivity index (χ4v) is 1.40. The first-order chi connectivity index (χ1) is 6.36. The Labute approximate surface area is 84.5 Å². The molecule has 0 radical (unpaired) electrons. The highest BCUT2D eigenvalue weighted by molar-refractivity contribution is 9.10. The lowest BCUT2D eigenvalue weighted by Crippen LogP contribution is -2.01. The van der Waals surface area contributed by atoms with Crippen molar-refractivity contribution in [3.05, 3.63) is 46.7 Å². The maximum Gasteiger partial charge on any atom is 0.124 e. The van der Waals surface area contributed by atoms with Gasteiger partial charge in [-0.1, -0.05) is 35.5 Å². The number of nitrogens with zero attached hydrogens (tertiary/aromatic N) is 3. The van der Waals surface area contributed by atoms with Crippen LogP contribution < -0.4 is 0 Å². The standard InChI is InChI=1S/C9H8BrN3/c10-9-6-11-12-13(9)7-8-4-2-1-3-5-8/h1-6H,7H2. The van der Waals surface area contributed by atoms with E-state index in [-0.39, 0.29) is 0 Å². The average Bonchev–Trinajstić information content (AvgIpc) is 2.54. The van der Waals surface area contributed by atoms with E-state index in [1.54, 1.807) is 10.9 Å². The van der Waals surface area contributed by atoms with Crippen LogP contribution in [0.4, 0.5) is 0 Å². The molecule has 1 aromatic heterocycles. The summed E-state index contributed by atoms with van der Waals surface area (Å²) >= 11 is 3.36. The van der Waals surface area contributed by atoms with Crippen LogP contribution in [0.25, 0.3) is 0 Å². The second-order valence-corrected chi connectivity index (χ2v) is 3.51. The highest BCUT2D eigenvalue weighted by Crippen LogP contribution is 2.08. The summed E-state index contributed by atoms with van der Waals surface area (Å²) in [6, 6.07) is 10.2. The van der Waals surface area contributed by atoms with Crippen molar-refractivity contribution in [3.8, 4) is 0 Å². The molecule has 0 atom stereocenters. The van der Waals surface area contributed by atoms with E-state index in [0.717, 1.165) is 11.1 Å². The van der Waals surface area contributed by atoms with E-state index < -0.39 is 0 Å². The second kappa shape index (κ2) is 3.70. The van der Waals surface area contributed by atoms with E-state index >= 15 is 0 Å². The monoisotopic (exact) mass is 237 g/mol. The Morgan fingerprint density at radius 2 is 2.00 bits per heavy atom. The number of halogens is 1. The van der Waals surface area contributed by atoms with Gasteiger partial charge in [0.2, 0.25) is 0 Å². The SMILES string of the molecule is Brc1cnnn1Cc1ccccc1. The average molecular weight is 238 g/mol. The molecule has 13 heavy (non-hydrogen) atoms. The van der Waals surface area contributed by atoms with Gasteiger partial charge in [-0.2, -0.15) is 0 Å². The Morgan fingerprint density at radius 1 is 1.23 bits per heavy atom. The minimum Gasteiger partial charge on any atom is -0.234 e. The molecule has 0 spiro atoms. The van der Waals surface area contributed by atoms with Crippen LogP contribution in [0.1, 0.15) is 5.56 Å². The summed E-state index contributed by atoms with van der Waals surface area (Å²) in [6.45, 7) is 0.751. The fraction of sp³-hybridized carbons (Fsp3) is 0.111. The molecule has 0 bridgehead atoms. The Hall–Kier alpha value is -1.16. The van der Waals surface area contributed by atoms with Crippen LogP contribution >= 0.6 is 15.9 Å². The molecule has 0 unspecified atom stereocenters. The topological polar surface area (TPSA) is 30.7 Å². The summed E-state index contributed by atoms with van der Waals surface area (Å²) in [7, 11) is 0. The summed E-state index contributed by atoms with van der Waals surface area (Å²) < 4.78 is 2.70. The lowest BCUT2D eigenvalue weighted by atomic mass is 10.2. The Balaban J connectivity index is 2.20. The smallest absolute Gasteiger partial charge is 0.124 e. The summed E-state index contributed by atoms with van der Waals surface area (Å²) in [4.78, 5) is 0. The molecule has 0 N–H and O–H groups in total. The van der Waals surface area contributed by atoms with Gasteiger partial charge in [0.1, 0.15) is 4.60 Å². The van der Waals surface area contributed by atoms with Gasteiger partial charge in [0.25, 0.3) is 0 Å². The van der Waals surface area contributed by atoms with Crippen LogP contribution in [-0.2, 0) is 6.54 Å². The van der Waals surface area contributed by atoms with E-state index in [1.165, 1.54) is 5.56 Å². The molecule has 0 fully saturated rings. The molecule has 0 amide bonds. The lowest BCUT2D eigenvalue weighted by Gasteiger charge is -2.00. The Morgan fingerprint density at radius 3 is 2.62 bits per heavy atom. The van der Waals surface area contributed by atoms with E-state index in [4.69, 9.17) is 0 Å². The van der Waals surface area contributed by atoms with Gasteiger partial charge in [0, 0.05) is 0 Å². The zero-order chi connectivity index (χ0) is 9.10. The fourth-order valence-electron chi connectivity index (χ4n) is 1.11. The minimum atomic E-state index is 0.751. The van der Waals surface area contributed by atoms with Crippen molar-refractivity contribution in [1.29, 1.82) is 0 Å². The molecule has 1 aromatic carbocycles. The van der Waals surface area contributed by atoms with Gasteiger partial charge in [-0.25, -0.2) is 4.68 Å². The zero-order valence-electron chi connectivity index (χ0n) is 6.89. The first kappa shape index (κ1) is 8.44. The Bertz CT molecular complexity index is 383. The van der Waals surface area contributed by atoms with Crippen LogP contribution in [0, 0.1) is 0 Å². The molecular weight excluding hydrogens is 230 g/mol. The lowest BCUT2D eigenvalue weighted by molar-refractivity contribution is 0.638. The molecular formula is C9H8BrN3. The molecule has 0 saturated heterocycles. The zero-order valence-corrected chi connectivity index (χ0v) is 8.48.